The predicted molar refractivity (Wildman–Crippen MR) is 97.0 cm³/mol. The highest BCUT2D eigenvalue weighted by molar-refractivity contribution is 5.82. The average Bonchev–Trinajstić information content (AvgIpc) is 3.06. The van der Waals surface area contributed by atoms with Crippen LogP contribution in [-0.4, -0.2) is 44.7 Å². The third-order valence-electron chi connectivity index (χ3n) is 4.51. The van der Waals surface area contributed by atoms with Crippen LogP contribution in [0.3, 0.4) is 0 Å². The lowest BCUT2D eigenvalue weighted by atomic mass is 10.1. The lowest BCUT2D eigenvalue weighted by molar-refractivity contribution is -0.127. The number of benzene rings is 2. The third kappa shape index (κ3) is 3.94. The maximum absolute atomic E-state index is 12.5. The average molecular weight is 340 g/mol. The van der Waals surface area contributed by atoms with Crippen molar-refractivity contribution in [3.63, 3.8) is 0 Å². The van der Waals surface area contributed by atoms with E-state index < -0.39 is 6.10 Å². The molecule has 3 rings (SSSR count). The number of carbonyl (C=O) groups excluding carboxylic acids is 1. The van der Waals surface area contributed by atoms with E-state index in [1.807, 2.05) is 62.6 Å². The van der Waals surface area contributed by atoms with Gasteiger partial charge in [0.2, 0.25) is 0 Å². The Hall–Kier alpha value is -2.53. The van der Waals surface area contributed by atoms with E-state index in [2.05, 4.69) is 10.2 Å². The lowest BCUT2D eigenvalue weighted by Crippen LogP contribution is -2.41. The number of para-hydroxylation sites is 1. The Morgan fingerprint density at radius 2 is 2.08 bits per heavy atom. The first-order valence-electron chi connectivity index (χ1n) is 8.41. The van der Waals surface area contributed by atoms with Gasteiger partial charge in [-0.05, 0) is 43.4 Å². The van der Waals surface area contributed by atoms with Crippen LogP contribution in [0.15, 0.2) is 48.5 Å². The molecule has 2 aromatic carbocycles. The van der Waals surface area contributed by atoms with Crippen molar-refractivity contribution >= 4 is 5.91 Å². The van der Waals surface area contributed by atoms with Crippen LogP contribution >= 0.6 is 0 Å². The second kappa shape index (κ2) is 7.57. The van der Waals surface area contributed by atoms with Gasteiger partial charge in [0.1, 0.15) is 11.5 Å². The van der Waals surface area contributed by atoms with E-state index in [0.717, 1.165) is 22.6 Å². The molecule has 5 heteroatoms. The summed E-state index contributed by atoms with van der Waals surface area (Å²) in [6, 6.07) is 15.8. The fraction of sp³-hybridized carbons (Fsp3) is 0.350. The van der Waals surface area contributed by atoms with E-state index in [-0.39, 0.29) is 11.9 Å². The van der Waals surface area contributed by atoms with Crippen LogP contribution < -0.4 is 14.8 Å². The molecular formula is C20H24N2O3. The normalized spacial score (nSPS) is 16.9. The number of fused-ring (bicyclic) bond motifs is 1. The molecule has 1 amide bonds. The smallest absolute Gasteiger partial charge is 0.261 e. The highest BCUT2D eigenvalue weighted by Crippen LogP contribution is 2.28. The molecule has 1 aliphatic heterocycles. The van der Waals surface area contributed by atoms with Crippen molar-refractivity contribution in [2.75, 3.05) is 27.7 Å². The van der Waals surface area contributed by atoms with Crippen molar-refractivity contribution in [1.29, 1.82) is 0 Å². The summed E-state index contributed by atoms with van der Waals surface area (Å²) in [5.74, 6) is 1.54. The number of rotatable bonds is 6. The molecule has 0 aromatic heterocycles. The maximum atomic E-state index is 12.5. The largest absolute Gasteiger partial charge is 0.497 e. The number of nitrogens with one attached hydrogen (secondary N) is 1. The van der Waals surface area contributed by atoms with Crippen LogP contribution in [0.4, 0.5) is 0 Å². The van der Waals surface area contributed by atoms with Crippen LogP contribution in [0, 0.1) is 0 Å². The number of nitrogens with zero attached hydrogens (tertiary/aromatic N) is 1. The van der Waals surface area contributed by atoms with E-state index in [1.165, 1.54) is 0 Å². The van der Waals surface area contributed by atoms with Crippen molar-refractivity contribution in [1.82, 2.24) is 10.2 Å². The van der Waals surface area contributed by atoms with Gasteiger partial charge < -0.3 is 19.7 Å². The summed E-state index contributed by atoms with van der Waals surface area (Å²) in [7, 11) is 5.65. The van der Waals surface area contributed by atoms with Crippen molar-refractivity contribution in [2.24, 2.45) is 0 Å². The number of carbonyl (C=O) groups is 1. The topological polar surface area (TPSA) is 50.8 Å². The second-order valence-electron chi connectivity index (χ2n) is 6.42. The Kier molecular flexibility index (Phi) is 5.24. The van der Waals surface area contributed by atoms with Gasteiger partial charge in [-0.2, -0.15) is 0 Å². The van der Waals surface area contributed by atoms with Gasteiger partial charge >= 0.3 is 0 Å². The molecule has 25 heavy (non-hydrogen) atoms. The summed E-state index contributed by atoms with van der Waals surface area (Å²) < 4.78 is 11.1. The minimum absolute atomic E-state index is 0.0582. The zero-order chi connectivity index (χ0) is 17.8. The number of likely N-dealkylation sites (N-methyl/N-ethyl adjacent to an activating group) is 1. The quantitative estimate of drug-likeness (QED) is 0.877. The molecule has 0 spiro atoms. The maximum Gasteiger partial charge on any atom is 0.261 e. The highest BCUT2D eigenvalue weighted by Gasteiger charge is 2.29. The van der Waals surface area contributed by atoms with Crippen LogP contribution in [-0.2, 0) is 11.2 Å². The molecule has 1 heterocycles. The Morgan fingerprint density at radius 3 is 2.80 bits per heavy atom. The van der Waals surface area contributed by atoms with Crippen LogP contribution in [0.1, 0.15) is 17.2 Å². The molecule has 5 nitrogen and oxygen atoms in total. The van der Waals surface area contributed by atoms with Gasteiger partial charge in [-0.1, -0.05) is 30.3 Å². The van der Waals surface area contributed by atoms with Crippen LogP contribution in [0.2, 0.25) is 0 Å². The summed E-state index contributed by atoms with van der Waals surface area (Å²) in [5.41, 5.74) is 2.18. The van der Waals surface area contributed by atoms with Gasteiger partial charge in [-0.15, -0.1) is 0 Å². The summed E-state index contributed by atoms with van der Waals surface area (Å²) in [4.78, 5) is 14.6. The van der Waals surface area contributed by atoms with Gasteiger partial charge in [0.25, 0.3) is 5.91 Å². The minimum Gasteiger partial charge on any atom is -0.497 e. The van der Waals surface area contributed by atoms with Crippen LogP contribution in [0.25, 0.3) is 0 Å². The lowest BCUT2D eigenvalue weighted by Gasteiger charge is -2.26. The van der Waals surface area contributed by atoms with Crippen molar-refractivity contribution in [2.45, 2.75) is 18.6 Å². The third-order valence-corrected chi connectivity index (χ3v) is 4.51. The summed E-state index contributed by atoms with van der Waals surface area (Å²) in [5, 5.41) is 3.03. The number of methoxy groups -OCH3 is 1. The van der Waals surface area contributed by atoms with Crippen molar-refractivity contribution in [3.8, 4) is 11.5 Å². The van der Waals surface area contributed by atoms with E-state index in [9.17, 15) is 4.79 Å². The first kappa shape index (κ1) is 17.3. The number of hydrogen-bond acceptors (Lipinski definition) is 4. The number of amides is 1. The van der Waals surface area contributed by atoms with Gasteiger partial charge in [0, 0.05) is 13.0 Å². The fourth-order valence-electron chi connectivity index (χ4n) is 3.09. The molecule has 2 atom stereocenters. The fourth-order valence-corrected chi connectivity index (χ4v) is 3.09. The number of hydrogen-bond donors (Lipinski definition) is 1. The molecule has 2 aromatic rings. The van der Waals surface area contributed by atoms with E-state index >= 15 is 0 Å². The van der Waals surface area contributed by atoms with Crippen molar-refractivity contribution < 1.29 is 14.3 Å². The summed E-state index contributed by atoms with van der Waals surface area (Å²) >= 11 is 0. The number of ether oxygens (including phenoxy) is 2. The second-order valence-corrected chi connectivity index (χ2v) is 6.42. The Morgan fingerprint density at radius 1 is 1.28 bits per heavy atom. The molecule has 132 valence electrons. The molecule has 0 radical (unpaired) electrons. The zero-order valence-corrected chi connectivity index (χ0v) is 14.9. The molecule has 0 unspecified atom stereocenters. The van der Waals surface area contributed by atoms with Gasteiger partial charge in [0.15, 0.2) is 6.10 Å². The molecule has 0 fully saturated rings. The molecule has 0 aliphatic carbocycles. The van der Waals surface area contributed by atoms with E-state index in [4.69, 9.17) is 9.47 Å². The Labute approximate surface area is 148 Å². The van der Waals surface area contributed by atoms with Gasteiger partial charge in [-0.25, -0.2) is 0 Å². The monoisotopic (exact) mass is 340 g/mol. The zero-order valence-electron chi connectivity index (χ0n) is 14.9. The molecule has 1 aliphatic rings. The van der Waals surface area contributed by atoms with Crippen LogP contribution in [0.5, 0.6) is 11.5 Å². The SMILES string of the molecule is COc1cccc([C@@H](CNC(=O)[C@H]2Cc3ccccc3O2)N(C)C)c1. The Balaban J connectivity index is 1.63. The molecular weight excluding hydrogens is 316 g/mol. The summed E-state index contributed by atoms with van der Waals surface area (Å²) in [6.45, 7) is 0.509. The summed E-state index contributed by atoms with van der Waals surface area (Å²) in [6.07, 6.45) is 0.166. The van der Waals surface area contributed by atoms with Crippen molar-refractivity contribution in [3.05, 3.63) is 59.7 Å². The standard InChI is InChI=1S/C20H24N2O3/c1-22(2)17(14-8-6-9-16(11-14)24-3)13-21-20(23)19-12-15-7-4-5-10-18(15)25-19/h4-11,17,19H,12-13H2,1-3H3,(H,21,23)/t17-,19-/m1/s1. The van der Waals surface area contributed by atoms with E-state index in [1.54, 1.807) is 7.11 Å². The molecule has 1 N–H and O–H groups in total. The molecule has 0 bridgehead atoms. The Bertz CT molecular complexity index is 720. The molecule has 0 saturated carbocycles. The highest BCUT2D eigenvalue weighted by atomic mass is 16.5. The minimum atomic E-state index is -0.453. The first-order valence-corrected chi connectivity index (χ1v) is 8.41. The molecule has 0 saturated heterocycles. The first-order chi connectivity index (χ1) is 12.1. The van der Waals surface area contributed by atoms with Gasteiger partial charge in [0.05, 0.1) is 13.2 Å². The van der Waals surface area contributed by atoms with E-state index in [0.29, 0.717) is 13.0 Å². The van der Waals surface area contributed by atoms with Gasteiger partial charge in [-0.3, -0.25) is 4.79 Å². The predicted octanol–water partition coefficient (Wildman–Crippen LogP) is 2.42.